The summed E-state index contributed by atoms with van der Waals surface area (Å²) >= 11 is 0. The molecule has 0 aliphatic rings. The second kappa shape index (κ2) is 3.93. The van der Waals surface area contributed by atoms with Gasteiger partial charge in [0.15, 0.2) is 0 Å². The lowest BCUT2D eigenvalue weighted by Crippen LogP contribution is -2.20. The van der Waals surface area contributed by atoms with Gasteiger partial charge in [-0.2, -0.15) is 0 Å². The predicted octanol–water partition coefficient (Wildman–Crippen LogP) is 0.693. The van der Waals surface area contributed by atoms with Crippen LogP contribution in [0.2, 0.25) is 0 Å². The minimum Gasteiger partial charge on any atom is -0.364 e. The minimum atomic E-state index is 0.163. The third-order valence-electron chi connectivity index (χ3n) is 1.35. The molecule has 1 rings (SSSR count). The first-order valence-corrected chi connectivity index (χ1v) is 3.61. The first kappa shape index (κ1) is 8.01. The van der Waals surface area contributed by atoms with Crippen LogP contribution in [0.1, 0.15) is 12.6 Å². The van der Waals surface area contributed by atoms with Crippen LogP contribution in [-0.4, -0.2) is 17.3 Å². The molecule has 0 atom stereocenters. The van der Waals surface area contributed by atoms with E-state index in [2.05, 4.69) is 10.3 Å². The fraction of sp³-hybridized carbons (Fsp3) is 0.375. The van der Waals surface area contributed by atoms with Crippen molar-refractivity contribution in [2.75, 3.05) is 6.54 Å². The van der Waals surface area contributed by atoms with Gasteiger partial charge >= 0.3 is 0 Å². The molecule has 3 heteroatoms. The average molecular weight is 152 g/mol. The van der Waals surface area contributed by atoms with Crippen LogP contribution >= 0.6 is 0 Å². The molecule has 11 heavy (non-hydrogen) atoms. The molecule has 0 aliphatic heterocycles. The van der Waals surface area contributed by atoms with Gasteiger partial charge in [0.2, 0.25) is 0 Å². The van der Waals surface area contributed by atoms with Crippen molar-refractivity contribution in [1.29, 1.82) is 0 Å². The van der Waals surface area contributed by atoms with Crippen LogP contribution < -0.4 is 5.32 Å². The van der Waals surface area contributed by atoms with E-state index in [1.807, 2.05) is 18.3 Å². The molecule has 0 aliphatic carbocycles. The van der Waals surface area contributed by atoms with Gasteiger partial charge in [0.25, 0.3) is 0 Å². The van der Waals surface area contributed by atoms with E-state index in [9.17, 15) is 4.79 Å². The number of ketones is 1. The molecule has 0 spiro atoms. The quantitative estimate of drug-likeness (QED) is 0.666. The summed E-state index contributed by atoms with van der Waals surface area (Å²) in [5.41, 5.74) is 1.10. The van der Waals surface area contributed by atoms with Gasteiger partial charge < -0.3 is 10.3 Å². The Morgan fingerprint density at radius 2 is 2.55 bits per heavy atom. The number of aromatic nitrogens is 1. The Balaban J connectivity index is 2.19. The second-order valence-corrected chi connectivity index (χ2v) is 2.50. The summed E-state index contributed by atoms with van der Waals surface area (Å²) in [6.45, 7) is 2.74. The maximum absolute atomic E-state index is 10.5. The minimum absolute atomic E-state index is 0.163. The van der Waals surface area contributed by atoms with Crippen molar-refractivity contribution in [3.8, 4) is 0 Å². The Labute approximate surface area is 65.8 Å². The Hall–Kier alpha value is -1.09. The first-order chi connectivity index (χ1) is 5.29. The molecule has 0 radical (unpaired) electrons. The molecule has 0 unspecified atom stereocenters. The highest BCUT2D eigenvalue weighted by Crippen LogP contribution is 1.91. The molecule has 60 valence electrons. The van der Waals surface area contributed by atoms with E-state index in [4.69, 9.17) is 0 Å². The fourth-order valence-electron chi connectivity index (χ4n) is 0.851. The molecule has 1 heterocycles. The molecule has 1 aromatic heterocycles. The summed E-state index contributed by atoms with van der Waals surface area (Å²) in [6.07, 6.45) is 1.87. The average Bonchev–Trinajstić information content (AvgIpc) is 2.39. The van der Waals surface area contributed by atoms with Crippen LogP contribution in [0.3, 0.4) is 0 Å². The standard InChI is InChI=1S/C8H12N2O/c1-7(11)5-9-6-8-3-2-4-10-8/h2-4,9-10H,5-6H2,1H3. The third kappa shape index (κ3) is 3.00. The molecule has 0 aromatic carbocycles. The molecule has 0 saturated heterocycles. The van der Waals surface area contributed by atoms with Crippen LogP contribution in [0.5, 0.6) is 0 Å². The van der Waals surface area contributed by atoms with Gasteiger partial charge in [-0.25, -0.2) is 0 Å². The molecule has 2 N–H and O–H groups in total. The van der Waals surface area contributed by atoms with Crippen LogP contribution in [0.4, 0.5) is 0 Å². The normalized spacial score (nSPS) is 9.91. The molecule has 3 nitrogen and oxygen atoms in total. The highest BCUT2D eigenvalue weighted by atomic mass is 16.1. The highest BCUT2D eigenvalue weighted by Gasteiger charge is 1.93. The SMILES string of the molecule is CC(=O)CNCc1ccc[nH]1. The van der Waals surface area contributed by atoms with Crippen molar-refractivity contribution in [3.05, 3.63) is 24.0 Å². The second-order valence-electron chi connectivity index (χ2n) is 2.50. The molecular weight excluding hydrogens is 140 g/mol. The monoisotopic (exact) mass is 152 g/mol. The van der Waals surface area contributed by atoms with E-state index in [1.165, 1.54) is 0 Å². The van der Waals surface area contributed by atoms with Crippen LogP contribution in [0.25, 0.3) is 0 Å². The highest BCUT2D eigenvalue weighted by molar-refractivity contribution is 5.77. The van der Waals surface area contributed by atoms with Gasteiger partial charge in [0.05, 0.1) is 6.54 Å². The number of nitrogens with one attached hydrogen (secondary N) is 2. The molecule has 0 saturated carbocycles. The van der Waals surface area contributed by atoms with Crippen LogP contribution in [0.15, 0.2) is 18.3 Å². The van der Waals surface area contributed by atoms with Crippen molar-refractivity contribution in [2.24, 2.45) is 0 Å². The molecule has 0 bridgehead atoms. The Morgan fingerprint density at radius 3 is 3.09 bits per heavy atom. The predicted molar refractivity (Wildman–Crippen MR) is 43.2 cm³/mol. The number of rotatable bonds is 4. The lowest BCUT2D eigenvalue weighted by Gasteiger charge is -1.98. The number of Topliss-reactive ketones (excluding diaryl/α,β-unsaturated/α-hetero) is 1. The van der Waals surface area contributed by atoms with Gasteiger partial charge in [-0.05, 0) is 19.1 Å². The summed E-state index contributed by atoms with van der Waals surface area (Å²) in [5, 5.41) is 3.01. The van der Waals surface area contributed by atoms with Crippen molar-refractivity contribution in [3.63, 3.8) is 0 Å². The number of aromatic amines is 1. The Kier molecular flexibility index (Phi) is 2.86. The summed E-state index contributed by atoms with van der Waals surface area (Å²) in [6, 6.07) is 3.91. The molecular formula is C8H12N2O. The smallest absolute Gasteiger partial charge is 0.143 e. The molecule has 1 aromatic rings. The van der Waals surface area contributed by atoms with Crippen LogP contribution in [0, 0.1) is 0 Å². The summed E-state index contributed by atoms with van der Waals surface area (Å²) in [5.74, 6) is 0.163. The van der Waals surface area contributed by atoms with E-state index in [-0.39, 0.29) is 5.78 Å². The summed E-state index contributed by atoms with van der Waals surface area (Å²) in [4.78, 5) is 13.5. The number of H-pyrrole nitrogens is 1. The maximum Gasteiger partial charge on any atom is 0.143 e. The van der Waals surface area contributed by atoms with Crippen molar-refractivity contribution < 1.29 is 4.79 Å². The number of carbonyl (C=O) groups is 1. The van der Waals surface area contributed by atoms with Crippen LogP contribution in [-0.2, 0) is 11.3 Å². The van der Waals surface area contributed by atoms with E-state index in [0.717, 1.165) is 12.2 Å². The van der Waals surface area contributed by atoms with Gasteiger partial charge in [0.1, 0.15) is 5.78 Å². The zero-order valence-corrected chi connectivity index (χ0v) is 6.55. The third-order valence-corrected chi connectivity index (χ3v) is 1.35. The zero-order valence-electron chi connectivity index (χ0n) is 6.55. The number of hydrogen-bond donors (Lipinski definition) is 2. The van der Waals surface area contributed by atoms with E-state index in [0.29, 0.717) is 6.54 Å². The van der Waals surface area contributed by atoms with Gasteiger partial charge in [0, 0.05) is 18.4 Å². The largest absolute Gasteiger partial charge is 0.364 e. The molecule has 0 amide bonds. The van der Waals surface area contributed by atoms with Gasteiger partial charge in [-0.1, -0.05) is 0 Å². The van der Waals surface area contributed by atoms with E-state index in [1.54, 1.807) is 6.92 Å². The van der Waals surface area contributed by atoms with Gasteiger partial charge in [-0.15, -0.1) is 0 Å². The van der Waals surface area contributed by atoms with E-state index >= 15 is 0 Å². The number of hydrogen-bond acceptors (Lipinski definition) is 2. The van der Waals surface area contributed by atoms with Crippen molar-refractivity contribution in [2.45, 2.75) is 13.5 Å². The zero-order chi connectivity index (χ0) is 8.10. The maximum atomic E-state index is 10.5. The van der Waals surface area contributed by atoms with Gasteiger partial charge in [-0.3, -0.25) is 4.79 Å². The van der Waals surface area contributed by atoms with Crippen molar-refractivity contribution >= 4 is 5.78 Å². The Morgan fingerprint density at radius 1 is 1.73 bits per heavy atom. The number of carbonyl (C=O) groups excluding carboxylic acids is 1. The fourth-order valence-corrected chi connectivity index (χ4v) is 0.851. The first-order valence-electron chi connectivity index (χ1n) is 3.61. The lowest BCUT2D eigenvalue weighted by atomic mass is 10.4. The van der Waals surface area contributed by atoms with E-state index < -0.39 is 0 Å². The lowest BCUT2D eigenvalue weighted by molar-refractivity contribution is -0.116. The Bertz CT molecular complexity index is 216. The van der Waals surface area contributed by atoms with Crippen molar-refractivity contribution in [1.82, 2.24) is 10.3 Å². The molecule has 0 fully saturated rings. The summed E-state index contributed by atoms with van der Waals surface area (Å²) < 4.78 is 0. The topological polar surface area (TPSA) is 44.9 Å². The summed E-state index contributed by atoms with van der Waals surface area (Å²) in [7, 11) is 0.